The van der Waals surface area contributed by atoms with Crippen LogP contribution in [0.15, 0.2) is 36.4 Å². The van der Waals surface area contributed by atoms with Crippen molar-refractivity contribution in [1.82, 2.24) is 10.2 Å². The number of carbonyl (C=O) groups excluding carboxylic acids is 1. The van der Waals surface area contributed by atoms with E-state index in [-0.39, 0.29) is 17.7 Å². The zero-order chi connectivity index (χ0) is 16.5. The third-order valence-corrected chi connectivity index (χ3v) is 5.78. The number of fused-ring (bicyclic) bond motifs is 3. The first-order valence-electron chi connectivity index (χ1n) is 8.27. The Labute approximate surface area is 144 Å². The average molecular weight is 344 g/mol. The van der Waals surface area contributed by atoms with E-state index in [1.54, 1.807) is 36.4 Å². The summed E-state index contributed by atoms with van der Waals surface area (Å²) >= 11 is 1.32. The lowest BCUT2D eigenvalue weighted by atomic mass is 9.84. The van der Waals surface area contributed by atoms with Crippen LogP contribution in [-0.4, -0.2) is 41.6 Å². The van der Waals surface area contributed by atoms with E-state index in [4.69, 9.17) is 4.74 Å². The fourth-order valence-electron chi connectivity index (χ4n) is 3.53. The van der Waals surface area contributed by atoms with Gasteiger partial charge < -0.3 is 20.1 Å². The van der Waals surface area contributed by atoms with Crippen molar-refractivity contribution in [1.29, 1.82) is 0 Å². The highest BCUT2D eigenvalue weighted by Gasteiger charge is 2.35. The standard InChI is InChI=1S/C18H20N2O3S/c21-13-2-1-3-14(10-13)23-17-5-4-16(24-17)18(22)19-15-11-20-8-6-12(15)7-9-20/h1-5,10,12,15,21H,6-9,11H2,(H,19,22)/t15-/m0/s1. The van der Waals surface area contributed by atoms with Gasteiger partial charge in [0.25, 0.3) is 5.91 Å². The highest BCUT2D eigenvalue weighted by Crippen LogP contribution is 2.32. The predicted octanol–water partition coefficient (Wildman–Crippen LogP) is 3.07. The molecule has 3 aliphatic rings. The van der Waals surface area contributed by atoms with Crippen LogP contribution >= 0.6 is 11.3 Å². The summed E-state index contributed by atoms with van der Waals surface area (Å²) < 4.78 is 5.70. The largest absolute Gasteiger partial charge is 0.508 e. The molecule has 24 heavy (non-hydrogen) atoms. The number of nitrogens with one attached hydrogen (secondary N) is 1. The summed E-state index contributed by atoms with van der Waals surface area (Å²) in [5.74, 6) is 1.30. The Hall–Kier alpha value is -2.05. The van der Waals surface area contributed by atoms with E-state index < -0.39 is 0 Å². The second kappa shape index (κ2) is 6.45. The summed E-state index contributed by atoms with van der Waals surface area (Å²) in [6, 6.07) is 10.5. The van der Waals surface area contributed by atoms with Crippen molar-refractivity contribution in [2.45, 2.75) is 18.9 Å². The normalized spacial score (nSPS) is 25.4. The van der Waals surface area contributed by atoms with Gasteiger partial charge in [-0.3, -0.25) is 4.79 Å². The second-order valence-electron chi connectivity index (χ2n) is 6.44. The number of ether oxygens (including phenoxy) is 1. The molecule has 0 saturated carbocycles. The Balaban J connectivity index is 1.40. The second-order valence-corrected chi connectivity index (χ2v) is 7.48. The van der Waals surface area contributed by atoms with E-state index in [0.717, 1.165) is 19.6 Å². The lowest BCUT2D eigenvalue weighted by Gasteiger charge is -2.44. The number of benzene rings is 1. The summed E-state index contributed by atoms with van der Waals surface area (Å²) in [5.41, 5.74) is 0. The fourth-order valence-corrected chi connectivity index (χ4v) is 4.31. The molecule has 3 fully saturated rings. The van der Waals surface area contributed by atoms with Crippen molar-refractivity contribution >= 4 is 17.2 Å². The van der Waals surface area contributed by atoms with Gasteiger partial charge in [0.2, 0.25) is 0 Å². The summed E-state index contributed by atoms with van der Waals surface area (Å²) in [5, 5.41) is 13.3. The van der Waals surface area contributed by atoms with E-state index in [2.05, 4.69) is 10.2 Å². The summed E-state index contributed by atoms with van der Waals surface area (Å²) in [4.78, 5) is 15.6. The molecular weight excluding hydrogens is 324 g/mol. The Kier molecular flexibility index (Phi) is 4.16. The molecule has 1 atom stereocenters. The number of hydrogen-bond acceptors (Lipinski definition) is 5. The van der Waals surface area contributed by atoms with Crippen LogP contribution < -0.4 is 10.1 Å². The zero-order valence-corrected chi connectivity index (χ0v) is 14.1. The van der Waals surface area contributed by atoms with Gasteiger partial charge in [-0.15, -0.1) is 0 Å². The molecule has 0 spiro atoms. The summed E-state index contributed by atoms with van der Waals surface area (Å²) in [7, 11) is 0. The van der Waals surface area contributed by atoms with E-state index in [1.165, 1.54) is 24.2 Å². The molecule has 126 valence electrons. The Morgan fingerprint density at radius 2 is 2.08 bits per heavy atom. The minimum Gasteiger partial charge on any atom is -0.508 e. The number of carbonyl (C=O) groups is 1. The van der Waals surface area contributed by atoms with Gasteiger partial charge in [-0.2, -0.15) is 0 Å². The molecule has 3 saturated heterocycles. The molecule has 0 aliphatic carbocycles. The number of amides is 1. The predicted molar refractivity (Wildman–Crippen MR) is 92.9 cm³/mol. The maximum atomic E-state index is 12.5. The average Bonchev–Trinajstić information content (AvgIpc) is 3.05. The monoisotopic (exact) mass is 344 g/mol. The van der Waals surface area contributed by atoms with E-state index >= 15 is 0 Å². The van der Waals surface area contributed by atoms with Gasteiger partial charge in [0.15, 0.2) is 5.06 Å². The van der Waals surface area contributed by atoms with Crippen molar-refractivity contribution in [3.05, 3.63) is 41.3 Å². The SMILES string of the molecule is O=C(N[C@H]1CN2CCC1CC2)c1ccc(Oc2cccc(O)c2)s1. The molecule has 2 aromatic rings. The first kappa shape index (κ1) is 15.5. The van der Waals surface area contributed by atoms with Crippen LogP contribution in [0.2, 0.25) is 0 Å². The molecular formula is C18H20N2O3S. The molecule has 1 aromatic heterocycles. The first-order valence-corrected chi connectivity index (χ1v) is 9.09. The van der Waals surface area contributed by atoms with Crippen molar-refractivity contribution < 1.29 is 14.6 Å². The molecule has 0 unspecified atom stereocenters. The molecule has 0 radical (unpaired) electrons. The van der Waals surface area contributed by atoms with Crippen LogP contribution in [0.1, 0.15) is 22.5 Å². The molecule has 6 heteroatoms. The third kappa shape index (κ3) is 3.25. The lowest BCUT2D eigenvalue weighted by molar-refractivity contribution is 0.0622. The van der Waals surface area contributed by atoms with Crippen LogP contribution in [0, 0.1) is 5.92 Å². The number of phenols is 1. The Bertz CT molecular complexity index is 737. The summed E-state index contributed by atoms with van der Waals surface area (Å²) in [6.45, 7) is 3.30. The van der Waals surface area contributed by atoms with E-state index in [0.29, 0.717) is 21.6 Å². The Morgan fingerprint density at radius 1 is 1.25 bits per heavy atom. The smallest absolute Gasteiger partial charge is 0.261 e. The van der Waals surface area contributed by atoms with Gasteiger partial charge in [-0.05, 0) is 56.1 Å². The zero-order valence-electron chi connectivity index (χ0n) is 13.3. The van der Waals surface area contributed by atoms with Gasteiger partial charge in [-0.25, -0.2) is 0 Å². The molecule has 1 aromatic carbocycles. The topological polar surface area (TPSA) is 61.8 Å². The fraction of sp³-hybridized carbons (Fsp3) is 0.389. The lowest BCUT2D eigenvalue weighted by Crippen LogP contribution is -2.57. The van der Waals surface area contributed by atoms with Gasteiger partial charge in [0, 0.05) is 18.7 Å². The van der Waals surface area contributed by atoms with Gasteiger partial charge in [-0.1, -0.05) is 17.4 Å². The molecule has 5 nitrogen and oxygen atoms in total. The Morgan fingerprint density at radius 3 is 2.79 bits per heavy atom. The number of phenolic OH excluding ortho intramolecular Hbond substituents is 1. The molecule has 5 rings (SSSR count). The number of rotatable bonds is 4. The molecule has 3 aliphatic heterocycles. The van der Waals surface area contributed by atoms with Gasteiger partial charge in [0.1, 0.15) is 11.5 Å². The minimum atomic E-state index is -0.0236. The van der Waals surface area contributed by atoms with Crippen LogP contribution in [0.3, 0.4) is 0 Å². The highest BCUT2D eigenvalue weighted by molar-refractivity contribution is 7.15. The number of piperidine rings is 3. The maximum absolute atomic E-state index is 12.5. The van der Waals surface area contributed by atoms with E-state index in [9.17, 15) is 9.90 Å². The van der Waals surface area contributed by atoms with Crippen molar-refractivity contribution in [3.8, 4) is 16.6 Å². The number of thiophene rings is 1. The van der Waals surface area contributed by atoms with Crippen molar-refractivity contribution in [3.63, 3.8) is 0 Å². The number of hydrogen-bond donors (Lipinski definition) is 2. The van der Waals surface area contributed by atoms with Gasteiger partial charge >= 0.3 is 0 Å². The number of aromatic hydroxyl groups is 1. The van der Waals surface area contributed by atoms with Crippen molar-refractivity contribution in [2.24, 2.45) is 5.92 Å². The molecule has 2 N–H and O–H groups in total. The quantitative estimate of drug-likeness (QED) is 0.895. The van der Waals surface area contributed by atoms with Crippen LogP contribution in [0.4, 0.5) is 0 Å². The molecule has 4 heterocycles. The maximum Gasteiger partial charge on any atom is 0.261 e. The summed E-state index contributed by atoms with van der Waals surface area (Å²) in [6.07, 6.45) is 2.36. The first-order chi connectivity index (χ1) is 11.7. The molecule has 2 bridgehead atoms. The van der Waals surface area contributed by atoms with Crippen molar-refractivity contribution in [2.75, 3.05) is 19.6 Å². The van der Waals surface area contributed by atoms with Crippen LogP contribution in [0.5, 0.6) is 16.6 Å². The van der Waals surface area contributed by atoms with Crippen LogP contribution in [-0.2, 0) is 0 Å². The van der Waals surface area contributed by atoms with Crippen LogP contribution in [0.25, 0.3) is 0 Å². The third-order valence-electron chi connectivity index (χ3n) is 4.81. The van der Waals surface area contributed by atoms with Gasteiger partial charge in [0.05, 0.1) is 4.88 Å². The highest BCUT2D eigenvalue weighted by atomic mass is 32.1. The number of nitrogens with zero attached hydrogens (tertiary/aromatic N) is 1. The minimum absolute atomic E-state index is 0.0236. The molecule has 1 amide bonds. The van der Waals surface area contributed by atoms with E-state index in [1.807, 2.05) is 0 Å².